The van der Waals surface area contributed by atoms with E-state index in [0.717, 1.165) is 37.6 Å². The Morgan fingerprint density at radius 2 is 1.88 bits per heavy atom. The maximum atomic E-state index is 5.80. The number of nitrogens with two attached hydrogens (primary N) is 1. The van der Waals surface area contributed by atoms with Gasteiger partial charge in [0.1, 0.15) is 0 Å². The predicted molar refractivity (Wildman–Crippen MR) is 66.4 cm³/mol. The lowest BCUT2D eigenvalue weighted by atomic mass is 9.91. The summed E-state index contributed by atoms with van der Waals surface area (Å²) in [5.74, 6) is 1.59. The fourth-order valence-electron chi connectivity index (χ4n) is 2.97. The maximum absolute atomic E-state index is 5.80. The molecule has 0 aromatic carbocycles. The maximum Gasteiger partial charge on any atom is 0.0469 e. The number of piperidine rings is 1. The van der Waals surface area contributed by atoms with Crippen LogP contribution in [0, 0.1) is 11.8 Å². The number of hydrogen-bond acceptors (Lipinski definition) is 3. The van der Waals surface area contributed by atoms with E-state index >= 15 is 0 Å². The van der Waals surface area contributed by atoms with Crippen molar-refractivity contribution >= 4 is 0 Å². The zero-order valence-corrected chi connectivity index (χ0v) is 10.5. The zero-order valence-electron chi connectivity index (χ0n) is 10.5. The molecule has 94 valence electrons. The lowest BCUT2D eigenvalue weighted by molar-refractivity contribution is 0.0335. The Hall–Kier alpha value is -0.120. The van der Waals surface area contributed by atoms with E-state index in [-0.39, 0.29) is 0 Å². The SMILES string of the molecule is CC1CCC(CN)CN1CC1CCOCC1. The summed E-state index contributed by atoms with van der Waals surface area (Å²) in [5, 5.41) is 0. The van der Waals surface area contributed by atoms with Crippen LogP contribution in [0.3, 0.4) is 0 Å². The van der Waals surface area contributed by atoms with Gasteiger partial charge in [0.25, 0.3) is 0 Å². The summed E-state index contributed by atoms with van der Waals surface area (Å²) in [5.41, 5.74) is 5.80. The molecule has 0 aromatic rings. The largest absolute Gasteiger partial charge is 0.381 e. The van der Waals surface area contributed by atoms with Gasteiger partial charge >= 0.3 is 0 Å². The van der Waals surface area contributed by atoms with Gasteiger partial charge in [0.2, 0.25) is 0 Å². The van der Waals surface area contributed by atoms with Gasteiger partial charge in [-0.1, -0.05) is 0 Å². The molecule has 16 heavy (non-hydrogen) atoms. The smallest absolute Gasteiger partial charge is 0.0469 e. The molecule has 0 bridgehead atoms. The van der Waals surface area contributed by atoms with Crippen LogP contribution in [0.25, 0.3) is 0 Å². The van der Waals surface area contributed by atoms with Crippen LogP contribution in [0.2, 0.25) is 0 Å². The lowest BCUT2D eigenvalue weighted by Gasteiger charge is -2.40. The highest BCUT2D eigenvalue weighted by Crippen LogP contribution is 2.24. The highest BCUT2D eigenvalue weighted by Gasteiger charge is 2.27. The van der Waals surface area contributed by atoms with Crippen LogP contribution in [-0.4, -0.2) is 43.8 Å². The Morgan fingerprint density at radius 3 is 2.56 bits per heavy atom. The minimum Gasteiger partial charge on any atom is -0.381 e. The number of ether oxygens (including phenoxy) is 1. The Bertz CT molecular complexity index is 204. The summed E-state index contributed by atoms with van der Waals surface area (Å²) in [6.07, 6.45) is 5.14. The third-order valence-corrected chi connectivity index (χ3v) is 4.28. The monoisotopic (exact) mass is 226 g/mol. The van der Waals surface area contributed by atoms with E-state index in [1.165, 1.54) is 38.8 Å². The first-order chi connectivity index (χ1) is 7.79. The number of nitrogens with zero attached hydrogens (tertiary/aromatic N) is 1. The number of likely N-dealkylation sites (tertiary alicyclic amines) is 1. The van der Waals surface area contributed by atoms with Gasteiger partial charge in [0.15, 0.2) is 0 Å². The van der Waals surface area contributed by atoms with Crippen molar-refractivity contribution in [3.63, 3.8) is 0 Å². The predicted octanol–water partition coefficient (Wildman–Crippen LogP) is 1.47. The minimum atomic E-state index is 0.732. The van der Waals surface area contributed by atoms with E-state index in [1.54, 1.807) is 0 Å². The highest BCUT2D eigenvalue weighted by atomic mass is 16.5. The molecule has 0 aliphatic carbocycles. The Labute approximate surface area is 99.3 Å². The summed E-state index contributed by atoms with van der Waals surface area (Å²) >= 11 is 0. The molecule has 0 saturated carbocycles. The minimum absolute atomic E-state index is 0.732. The molecule has 2 heterocycles. The van der Waals surface area contributed by atoms with E-state index in [4.69, 9.17) is 10.5 Å². The molecule has 2 fully saturated rings. The topological polar surface area (TPSA) is 38.5 Å². The molecular weight excluding hydrogens is 200 g/mol. The second kappa shape index (κ2) is 5.99. The molecule has 2 aliphatic rings. The first-order valence-electron chi connectivity index (χ1n) is 6.81. The molecule has 2 N–H and O–H groups in total. The van der Waals surface area contributed by atoms with E-state index in [9.17, 15) is 0 Å². The van der Waals surface area contributed by atoms with Crippen molar-refractivity contribution in [2.24, 2.45) is 17.6 Å². The molecule has 2 atom stereocenters. The van der Waals surface area contributed by atoms with Crippen LogP contribution >= 0.6 is 0 Å². The average Bonchev–Trinajstić information content (AvgIpc) is 2.33. The molecule has 0 spiro atoms. The van der Waals surface area contributed by atoms with Gasteiger partial charge in [-0.15, -0.1) is 0 Å². The Kier molecular flexibility index (Phi) is 4.62. The summed E-state index contributed by atoms with van der Waals surface area (Å²) in [7, 11) is 0. The van der Waals surface area contributed by atoms with Crippen molar-refractivity contribution in [2.45, 2.75) is 38.6 Å². The van der Waals surface area contributed by atoms with Crippen molar-refractivity contribution in [2.75, 3.05) is 32.8 Å². The molecule has 3 nitrogen and oxygen atoms in total. The van der Waals surface area contributed by atoms with Gasteiger partial charge in [-0.05, 0) is 51.0 Å². The van der Waals surface area contributed by atoms with Crippen molar-refractivity contribution in [1.29, 1.82) is 0 Å². The van der Waals surface area contributed by atoms with Crippen molar-refractivity contribution in [3.05, 3.63) is 0 Å². The molecule has 3 heteroatoms. The summed E-state index contributed by atoms with van der Waals surface area (Å²) in [6.45, 7) is 7.64. The number of rotatable bonds is 3. The summed E-state index contributed by atoms with van der Waals surface area (Å²) in [4.78, 5) is 2.66. The fourth-order valence-corrected chi connectivity index (χ4v) is 2.97. The average molecular weight is 226 g/mol. The number of hydrogen-bond donors (Lipinski definition) is 1. The summed E-state index contributed by atoms with van der Waals surface area (Å²) < 4.78 is 5.42. The molecule has 0 aromatic heterocycles. The molecule has 0 amide bonds. The van der Waals surface area contributed by atoms with Crippen molar-refractivity contribution in [3.8, 4) is 0 Å². The van der Waals surface area contributed by atoms with Crippen LogP contribution in [0.4, 0.5) is 0 Å². The molecule has 2 unspecified atom stereocenters. The third-order valence-electron chi connectivity index (χ3n) is 4.28. The first-order valence-corrected chi connectivity index (χ1v) is 6.81. The van der Waals surface area contributed by atoms with Crippen molar-refractivity contribution < 1.29 is 4.74 Å². The van der Waals surface area contributed by atoms with E-state index in [2.05, 4.69) is 11.8 Å². The van der Waals surface area contributed by atoms with Crippen LogP contribution in [0.1, 0.15) is 32.6 Å². The Balaban J connectivity index is 1.81. The molecular formula is C13H26N2O. The summed E-state index contributed by atoms with van der Waals surface area (Å²) in [6, 6.07) is 0.755. The van der Waals surface area contributed by atoms with E-state index in [0.29, 0.717) is 0 Å². The van der Waals surface area contributed by atoms with Gasteiger partial charge in [-0.25, -0.2) is 0 Å². The Morgan fingerprint density at radius 1 is 1.12 bits per heavy atom. The molecule has 2 rings (SSSR count). The van der Waals surface area contributed by atoms with Crippen molar-refractivity contribution in [1.82, 2.24) is 4.90 Å². The van der Waals surface area contributed by atoms with Gasteiger partial charge < -0.3 is 15.4 Å². The van der Waals surface area contributed by atoms with Gasteiger partial charge in [-0.3, -0.25) is 0 Å². The fraction of sp³-hybridized carbons (Fsp3) is 1.00. The second-order valence-electron chi connectivity index (χ2n) is 5.54. The quantitative estimate of drug-likeness (QED) is 0.792. The second-order valence-corrected chi connectivity index (χ2v) is 5.54. The molecule has 2 aliphatic heterocycles. The standard InChI is InChI=1S/C13H26N2O/c1-11-2-3-13(8-14)10-15(11)9-12-4-6-16-7-5-12/h11-13H,2-10,14H2,1H3. The molecule has 0 radical (unpaired) electrons. The first kappa shape index (κ1) is 12.3. The molecule has 2 saturated heterocycles. The van der Waals surface area contributed by atoms with Gasteiger partial charge in [-0.2, -0.15) is 0 Å². The van der Waals surface area contributed by atoms with Crippen LogP contribution in [0.15, 0.2) is 0 Å². The lowest BCUT2D eigenvalue weighted by Crippen LogP contribution is -2.46. The van der Waals surface area contributed by atoms with Crippen LogP contribution < -0.4 is 5.73 Å². The van der Waals surface area contributed by atoms with Crippen LogP contribution in [-0.2, 0) is 4.74 Å². The van der Waals surface area contributed by atoms with Gasteiger partial charge in [0, 0.05) is 32.3 Å². The van der Waals surface area contributed by atoms with Crippen LogP contribution in [0.5, 0.6) is 0 Å². The van der Waals surface area contributed by atoms with E-state index in [1.807, 2.05) is 0 Å². The van der Waals surface area contributed by atoms with E-state index < -0.39 is 0 Å². The third kappa shape index (κ3) is 3.19. The normalized spacial score (nSPS) is 34.1. The van der Waals surface area contributed by atoms with Gasteiger partial charge in [0.05, 0.1) is 0 Å². The zero-order chi connectivity index (χ0) is 11.4. The highest BCUT2D eigenvalue weighted by molar-refractivity contribution is 4.81.